The first kappa shape index (κ1) is 14.5. The van der Waals surface area contributed by atoms with Gasteiger partial charge in [-0.2, -0.15) is 0 Å². The molecule has 1 aromatic heterocycles. The van der Waals surface area contributed by atoms with E-state index < -0.39 is 0 Å². The molecule has 1 aliphatic rings. The third-order valence-corrected chi connectivity index (χ3v) is 4.95. The smallest absolute Gasteiger partial charge is 0.0798 e. The number of anilines is 1. The first-order chi connectivity index (χ1) is 10.1. The van der Waals surface area contributed by atoms with Gasteiger partial charge in [0, 0.05) is 30.2 Å². The number of benzene rings is 1. The molecule has 0 unspecified atom stereocenters. The highest BCUT2D eigenvalue weighted by atomic mass is 32.1. The van der Waals surface area contributed by atoms with E-state index >= 15 is 0 Å². The van der Waals surface area contributed by atoms with E-state index in [1.807, 2.05) is 5.51 Å². The molecule has 0 atom stereocenters. The molecule has 0 bridgehead atoms. The Morgan fingerprint density at radius 1 is 1.33 bits per heavy atom. The van der Waals surface area contributed by atoms with Crippen LogP contribution in [0, 0.1) is 13.8 Å². The van der Waals surface area contributed by atoms with E-state index in [2.05, 4.69) is 54.3 Å². The van der Waals surface area contributed by atoms with Gasteiger partial charge in [0.15, 0.2) is 0 Å². The molecule has 1 saturated carbocycles. The Morgan fingerprint density at radius 2 is 2.14 bits per heavy atom. The summed E-state index contributed by atoms with van der Waals surface area (Å²) < 4.78 is 0. The Kier molecular flexibility index (Phi) is 4.27. The van der Waals surface area contributed by atoms with Crippen LogP contribution in [-0.4, -0.2) is 18.1 Å². The zero-order valence-electron chi connectivity index (χ0n) is 13.0. The summed E-state index contributed by atoms with van der Waals surface area (Å²) in [6, 6.07) is 7.50. The van der Waals surface area contributed by atoms with E-state index in [-0.39, 0.29) is 0 Å². The van der Waals surface area contributed by atoms with Crippen LogP contribution in [0.3, 0.4) is 0 Å². The maximum atomic E-state index is 4.35. The zero-order chi connectivity index (χ0) is 14.8. The largest absolute Gasteiger partial charge is 0.369 e. The van der Waals surface area contributed by atoms with Crippen LogP contribution in [0.15, 0.2) is 23.7 Å². The van der Waals surface area contributed by atoms with Crippen molar-refractivity contribution < 1.29 is 0 Å². The van der Waals surface area contributed by atoms with Crippen LogP contribution in [0.25, 0.3) is 0 Å². The average molecular weight is 301 g/mol. The Bertz CT molecular complexity index is 616. The summed E-state index contributed by atoms with van der Waals surface area (Å²) in [4.78, 5) is 8.03. The fraction of sp³-hybridized carbons (Fsp3) is 0.471. The molecule has 112 valence electrons. The summed E-state index contributed by atoms with van der Waals surface area (Å²) in [5.41, 5.74) is 7.13. The average Bonchev–Trinajstić information content (AvgIpc) is 3.20. The maximum absolute atomic E-state index is 4.35. The molecule has 4 heteroatoms. The second-order valence-corrected chi connectivity index (χ2v) is 6.94. The van der Waals surface area contributed by atoms with Gasteiger partial charge in [0.05, 0.1) is 17.7 Å². The van der Waals surface area contributed by atoms with Crippen molar-refractivity contribution in [1.29, 1.82) is 0 Å². The van der Waals surface area contributed by atoms with Gasteiger partial charge in [-0.15, -0.1) is 11.3 Å². The molecule has 21 heavy (non-hydrogen) atoms. The molecule has 2 aromatic rings. The van der Waals surface area contributed by atoms with Crippen LogP contribution in [-0.2, 0) is 13.1 Å². The van der Waals surface area contributed by atoms with Crippen molar-refractivity contribution in [1.82, 2.24) is 10.3 Å². The predicted octanol–water partition coefficient (Wildman–Crippen LogP) is 3.65. The Labute approximate surface area is 131 Å². The number of aromatic nitrogens is 1. The van der Waals surface area contributed by atoms with Crippen molar-refractivity contribution in [2.24, 2.45) is 0 Å². The lowest BCUT2D eigenvalue weighted by Gasteiger charge is -2.23. The Morgan fingerprint density at radius 3 is 2.81 bits per heavy atom. The van der Waals surface area contributed by atoms with Gasteiger partial charge >= 0.3 is 0 Å². The van der Waals surface area contributed by atoms with Crippen LogP contribution in [0.4, 0.5) is 5.69 Å². The molecule has 3 nitrogen and oxygen atoms in total. The van der Waals surface area contributed by atoms with Crippen LogP contribution < -0.4 is 10.2 Å². The van der Waals surface area contributed by atoms with Crippen molar-refractivity contribution in [3.8, 4) is 0 Å². The van der Waals surface area contributed by atoms with Gasteiger partial charge in [0.1, 0.15) is 0 Å². The van der Waals surface area contributed by atoms with E-state index in [0.717, 1.165) is 24.8 Å². The molecule has 1 aromatic carbocycles. The van der Waals surface area contributed by atoms with Gasteiger partial charge in [-0.3, -0.25) is 0 Å². The summed E-state index contributed by atoms with van der Waals surface area (Å²) in [7, 11) is 2.17. The van der Waals surface area contributed by atoms with Gasteiger partial charge in [-0.25, -0.2) is 4.98 Å². The van der Waals surface area contributed by atoms with Crippen LogP contribution >= 0.6 is 11.3 Å². The topological polar surface area (TPSA) is 28.2 Å². The maximum Gasteiger partial charge on any atom is 0.0798 e. The predicted molar refractivity (Wildman–Crippen MR) is 90.0 cm³/mol. The lowest BCUT2D eigenvalue weighted by Crippen LogP contribution is -2.21. The van der Waals surface area contributed by atoms with Crippen LogP contribution in [0.2, 0.25) is 0 Å². The number of hydrogen-bond acceptors (Lipinski definition) is 4. The zero-order valence-corrected chi connectivity index (χ0v) is 13.8. The van der Waals surface area contributed by atoms with Gasteiger partial charge in [0.2, 0.25) is 0 Å². The number of rotatable bonds is 6. The molecule has 3 rings (SSSR count). The van der Waals surface area contributed by atoms with Gasteiger partial charge < -0.3 is 10.2 Å². The number of hydrogen-bond donors (Lipinski definition) is 1. The monoisotopic (exact) mass is 301 g/mol. The van der Waals surface area contributed by atoms with E-state index in [1.165, 1.54) is 34.5 Å². The standard InChI is InChI=1S/C17H23N3S/c1-12-4-7-16(14(8-12)9-18-15-5-6-15)20(3)10-17-13(2)19-11-21-17/h4,7-8,11,15,18H,5-6,9-10H2,1-3H3. The van der Waals surface area contributed by atoms with Gasteiger partial charge in [-0.1, -0.05) is 17.7 Å². The number of nitrogens with zero attached hydrogens (tertiary/aromatic N) is 2. The lowest BCUT2D eigenvalue weighted by molar-refractivity contribution is 0.685. The molecule has 1 N–H and O–H groups in total. The van der Waals surface area contributed by atoms with E-state index in [4.69, 9.17) is 0 Å². The van der Waals surface area contributed by atoms with Crippen molar-refractivity contribution in [3.05, 3.63) is 45.4 Å². The van der Waals surface area contributed by atoms with E-state index in [0.29, 0.717) is 0 Å². The number of aryl methyl sites for hydroxylation is 2. The van der Waals surface area contributed by atoms with Crippen LogP contribution in [0.1, 0.15) is 34.5 Å². The highest BCUT2D eigenvalue weighted by Gasteiger charge is 2.21. The summed E-state index contributed by atoms with van der Waals surface area (Å²) in [6.07, 6.45) is 2.66. The normalized spacial score (nSPS) is 14.4. The first-order valence-corrected chi connectivity index (χ1v) is 8.44. The fourth-order valence-electron chi connectivity index (χ4n) is 2.55. The van der Waals surface area contributed by atoms with Gasteiger partial charge in [-0.05, 0) is 38.3 Å². The molecule has 0 radical (unpaired) electrons. The Hall–Kier alpha value is -1.39. The van der Waals surface area contributed by atoms with Crippen molar-refractivity contribution in [3.63, 3.8) is 0 Å². The third kappa shape index (κ3) is 3.63. The SMILES string of the molecule is Cc1ccc(N(C)Cc2scnc2C)c(CNC2CC2)c1. The number of nitrogens with one attached hydrogen (secondary N) is 1. The van der Waals surface area contributed by atoms with Crippen molar-refractivity contribution in [2.45, 2.75) is 45.8 Å². The van der Waals surface area contributed by atoms with Crippen LogP contribution in [0.5, 0.6) is 0 Å². The number of thiazole rings is 1. The minimum Gasteiger partial charge on any atom is -0.369 e. The van der Waals surface area contributed by atoms with Crippen molar-refractivity contribution in [2.75, 3.05) is 11.9 Å². The molecular formula is C17H23N3S. The minimum atomic E-state index is 0.743. The fourth-order valence-corrected chi connectivity index (χ4v) is 3.38. The van der Waals surface area contributed by atoms with Gasteiger partial charge in [0.25, 0.3) is 0 Å². The second-order valence-electron chi connectivity index (χ2n) is 6.00. The summed E-state index contributed by atoms with van der Waals surface area (Å²) in [5.74, 6) is 0. The molecule has 1 aliphatic carbocycles. The highest BCUT2D eigenvalue weighted by molar-refractivity contribution is 7.09. The summed E-state index contributed by atoms with van der Waals surface area (Å²) in [6.45, 7) is 6.14. The molecule has 0 saturated heterocycles. The van der Waals surface area contributed by atoms with E-state index in [9.17, 15) is 0 Å². The summed E-state index contributed by atoms with van der Waals surface area (Å²) >= 11 is 1.74. The third-order valence-electron chi connectivity index (χ3n) is 4.03. The summed E-state index contributed by atoms with van der Waals surface area (Å²) in [5, 5.41) is 3.63. The van der Waals surface area contributed by atoms with Crippen molar-refractivity contribution >= 4 is 17.0 Å². The highest BCUT2D eigenvalue weighted by Crippen LogP contribution is 2.26. The second kappa shape index (κ2) is 6.16. The quantitative estimate of drug-likeness (QED) is 0.883. The molecular weight excluding hydrogens is 278 g/mol. The first-order valence-electron chi connectivity index (χ1n) is 7.56. The molecule has 0 aliphatic heterocycles. The molecule has 0 spiro atoms. The van der Waals surface area contributed by atoms with E-state index in [1.54, 1.807) is 11.3 Å². The lowest BCUT2D eigenvalue weighted by atomic mass is 10.1. The Balaban J connectivity index is 1.77. The molecule has 1 heterocycles. The molecule has 0 amide bonds. The minimum absolute atomic E-state index is 0.743. The molecule has 1 fully saturated rings.